The number of carbonyl (C=O) groups is 1. The van der Waals surface area contributed by atoms with Gasteiger partial charge < -0.3 is 4.74 Å². The van der Waals surface area contributed by atoms with E-state index >= 15 is 0 Å². The predicted molar refractivity (Wildman–Crippen MR) is 72.3 cm³/mol. The van der Waals surface area contributed by atoms with E-state index in [0.717, 1.165) is 12.8 Å². The molecule has 2 aromatic heterocycles. The molecule has 0 amide bonds. The number of carbonyl (C=O) groups excluding carboxylic acids is 1. The van der Waals surface area contributed by atoms with Crippen molar-refractivity contribution in [1.29, 1.82) is 0 Å². The molecule has 2 heterocycles. The molecule has 0 unspecified atom stereocenters. The third kappa shape index (κ3) is 4.17. The molecule has 2 rings (SSSR count). The Labute approximate surface area is 112 Å². The van der Waals surface area contributed by atoms with E-state index in [4.69, 9.17) is 4.74 Å². The fourth-order valence-corrected chi connectivity index (χ4v) is 1.69. The summed E-state index contributed by atoms with van der Waals surface area (Å²) in [6, 6.07) is 7.46. The molecule has 4 nitrogen and oxygen atoms in total. The van der Waals surface area contributed by atoms with E-state index in [9.17, 15) is 4.79 Å². The number of aryl methyl sites for hydroxylation is 1. The van der Waals surface area contributed by atoms with E-state index in [-0.39, 0.29) is 5.78 Å². The van der Waals surface area contributed by atoms with Gasteiger partial charge in [0.25, 0.3) is 0 Å². The topological polar surface area (TPSA) is 52.1 Å². The van der Waals surface area contributed by atoms with Gasteiger partial charge in [0.05, 0.1) is 12.8 Å². The van der Waals surface area contributed by atoms with Crippen LogP contribution in [-0.4, -0.2) is 22.4 Å². The molecular formula is C15H16N2O2. The van der Waals surface area contributed by atoms with Crippen molar-refractivity contribution in [2.45, 2.75) is 19.8 Å². The molecule has 0 spiro atoms. The fourth-order valence-electron chi connectivity index (χ4n) is 1.69. The average Bonchev–Trinajstić information content (AvgIpc) is 2.45. The summed E-state index contributed by atoms with van der Waals surface area (Å²) in [4.78, 5) is 19.1. The summed E-state index contributed by atoms with van der Waals surface area (Å²) in [6.45, 7) is 2.13. The Bertz CT molecular complexity index is 524. The highest BCUT2D eigenvalue weighted by atomic mass is 16.5. The van der Waals surface area contributed by atoms with Gasteiger partial charge in [-0.15, -0.1) is 0 Å². The van der Waals surface area contributed by atoms with Crippen LogP contribution in [0.15, 0.2) is 42.9 Å². The summed E-state index contributed by atoms with van der Waals surface area (Å²) >= 11 is 0. The monoisotopic (exact) mass is 256 g/mol. The zero-order valence-electron chi connectivity index (χ0n) is 10.9. The van der Waals surface area contributed by atoms with Crippen LogP contribution in [0.1, 0.15) is 29.4 Å². The third-order valence-electron chi connectivity index (χ3n) is 2.72. The number of rotatable bonds is 6. The zero-order valence-corrected chi connectivity index (χ0v) is 10.9. The maximum absolute atomic E-state index is 11.1. The van der Waals surface area contributed by atoms with Gasteiger partial charge in [-0.1, -0.05) is 0 Å². The molecule has 19 heavy (non-hydrogen) atoms. The predicted octanol–water partition coefficient (Wildman–Crippen LogP) is 2.69. The smallest absolute Gasteiger partial charge is 0.178 e. The van der Waals surface area contributed by atoms with Crippen LogP contribution in [0.5, 0.6) is 5.75 Å². The van der Waals surface area contributed by atoms with Gasteiger partial charge in [-0.3, -0.25) is 9.78 Å². The van der Waals surface area contributed by atoms with E-state index in [0.29, 0.717) is 18.1 Å². The van der Waals surface area contributed by atoms with Gasteiger partial charge in [-0.05, 0) is 42.7 Å². The number of hydrogen-bond donors (Lipinski definition) is 0. The number of pyridine rings is 2. The number of ketones is 1. The van der Waals surface area contributed by atoms with Gasteiger partial charge in [0.2, 0.25) is 0 Å². The van der Waals surface area contributed by atoms with Crippen LogP contribution >= 0.6 is 0 Å². The van der Waals surface area contributed by atoms with Crippen LogP contribution in [0.25, 0.3) is 0 Å². The molecule has 0 aromatic carbocycles. The lowest BCUT2D eigenvalue weighted by Gasteiger charge is -2.06. The molecule has 0 atom stereocenters. The largest absolute Gasteiger partial charge is 0.492 e. The number of aromatic nitrogens is 2. The Balaban J connectivity index is 1.75. The summed E-state index contributed by atoms with van der Waals surface area (Å²) < 4.78 is 5.57. The SMILES string of the molecule is CC(=O)c1ccc(OCCCc2ccncc2)cn1. The number of ether oxygens (including phenoxy) is 1. The van der Waals surface area contributed by atoms with Crippen molar-refractivity contribution < 1.29 is 9.53 Å². The standard InChI is InChI=1S/C15H16N2O2/c1-12(18)15-5-4-14(11-17-15)19-10-2-3-13-6-8-16-9-7-13/h4-9,11H,2-3,10H2,1H3. The minimum atomic E-state index is -0.0377. The molecule has 2 aromatic rings. The van der Waals surface area contributed by atoms with Crippen molar-refractivity contribution in [1.82, 2.24) is 9.97 Å². The van der Waals surface area contributed by atoms with Crippen LogP contribution < -0.4 is 4.74 Å². The molecule has 98 valence electrons. The second-order valence-corrected chi connectivity index (χ2v) is 4.24. The maximum Gasteiger partial charge on any atom is 0.178 e. The second kappa shape index (κ2) is 6.64. The molecule has 0 radical (unpaired) electrons. The van der Waals surface area contributed by atoms with E-state index in [1.165, 1.54) is 12.5 Å². The molecule has 0 bridgehead atoms. The lowest BCUT2D eigenvalue weighted by atomic mass is 10.1. The first-order valence-electron chi connectivity index (χ1n) is 6.24. The quantitative estimate of drug-likeness (QED) is 0.589. The minimum Gasteiger partial charge on any atom is -0.492 e. The van der Waals surface area contributed by atoms with Crippen LogP contribution in [-0.2, 0) is 6.42 Å². The normalized spacial score (nSPS) is 10.2. The van der Waals surface area contributed by atoms with E-state index in [1.807, 2.05) is 12.1 Å². The highest BCUT2D eigenvalue weighted by molar-refractivity contribution is 5.92. The number of Topliss-reactive ketones (excluding diaryl/α,β-unsaturated/α-hetero) is 1. The second-order valence-electron chi connectivity index (χ2n) is 4.24. The van der Waals surface area contributed by atoms with E-state index in [1.54, 1.807) is 30.7 Å². The van der Waals surface area contributed by atoms with Gasteiger partial charge in [0, 0.05) is 19.3 Å². The Kier molecular flexibility index (Phi) is 4.61. The van der Waals surface area contributed by atoms with E-state index < -0.39 is 0 Å². The Morgan fingerprint density at radius 3 is 2.63 bits per heavy atom. The molecule has 0 aliphatic rings. The van der Waals surface area contributed by atoms with Crippen LogP contribution in [0.4, 0.5) is 0 Å². The van der Waals surface area contributed by atoms with Crippen molar-refractivity contribution >= 4 is 5.78 Å². The lowest BCUT2D eigenvalue weighted by molar-refractivity contribution is 0.101. The van der Waals surface area contributed by atoms with Crippen LogP contribution in [0, 0.1) is 0 Å². The molecule has 0 fully saturated rings. The molecule has 0 saturated carbocycles. The lowest BCUT2D eigenvalue weighted by Crippen LogP contribution is -2.01. The first-order valence-corrected chi connectivity index (χ1v) is 6.24. The van der Waals surface area contributed by atoms with Crippen molar-refractivity contribution in [3.05, 3.63) is 54.1 Å². The van der Waals surface area contributed by atoms with Gasteiger partial charge in [0.15, 0.2) is 5.78 Å². The maximum atomic E-state index is 11.1. The number of nitrogens with zero attached hydrogens (tertiary/aromatic N) is 2. The van der Waals surface area contributed by atoms with Crippen molar-refractivity contribution in [2.75, 3.05) is 6.61 Å². The highest BCUT2D eigenvalue weighted by Crippen LogP contribution is 2.10. The Hall–Kier alpha value is -2.23. The average molecular weight is 256 g/mol. The third-order valence-corrected chi connectivity index (χ3v) is 2.72. The van der Waals surface area contributed by atoms with Crippen LogP contribution in [0.3, 0.4) is 0 Å². The molecule has 4 heteroatoms. The molecular weight excluding hydrogens is 240 g/mol. The van der Waals surface area contributed by atoms with Crippen LogP contribution in [0.2, 0.25) is 0 Å². The highest BCUT2D eigenvalue weighted by Gasteiger charge is 2.01. The summed E-state index contributed by atoms with van der Waals surface area (Å²) in [6.07, 6.45) is 7.06. The molecule has 0 N–H and O–H groups in total. The summed E-state index contributed by atoms with van der Waals surface area (Å²) in [7, 11) is 0. The minimum absolute atomic E-state index is 0.0377. The summed E-state index contributed by atoms with van der Waals surface area (Å²) in [5, 5.41) is 0. The Morgan fingerprint density at radius 1 is 1.21 bits per heavy atom. The zero-order chi connectivity index (χ0) is 13.5. The molecule has 0 aliphatic carbocycles. The summed E-state index contributed by atoms with van der Waals surface area (Å²) in [5.41, 5.74) is 1.72. The van der Waals surface area contributed by atoms with Gasteiger partial charge in [0.1, 0.15) is 11.4 Å². The fraction of sp³-hybridized carbons (Fsp3) is 0.267. The van der Waals surface area contributed by atoms with Gasteiger partial charge in [-0.2, -0.15) is 0 Å². The van der Waals surface area contributed by atoms with Gasteiger partial charge >= 0.3 is 0 Å². The van der Waals surface area contributed by atoms with Crippen molar-refractivity contribution in [3.63, 3.8) is 0 Å². The molecule has 0 saturated heterocycles. The summed E-state index contributed by atoms with van der Waals surface area (Å²) in [5.74, 6) is 0.656. The molecule has 0 aliphatic heterocycles. The number of hydrogen-bond acceptors (Lipinski definition) is 4. The Morgan fingerprint density at radius 2 is 2.00 bits per heavy atom. The first kappa shape index (κ1) is 13.2. The van der Waals surface area contributed by atoms with Crippen molar-refractivity contribution in [3.8, 4) is 5.75 Å². The first-order chi connectivity index (χ1) is 9.25. The van der Waals surface area contributed by atoms with Crippen molar-refractivity contribution in [2.24, 2.45) is 0 Å². The van der Waals surface area contributed by atoms with E-state index in [2.05, 4.69) is 9.97 Å². The van der Waals surface area contributed by atoms with Gasteiger partial charge in [-0.25, -0.2) is 4.98 Å².